The smallest absolute Gasteiger partial charge is 0.231 e. The highest BCUT2D eigenvalue weighted by atomic mass is 16.3. The minimum Gasteiger partial charge on any atom is -0.504 e. The van der Waals surface area contributed by atoms with Crippen LogP contribution in [0.25, 0.3) is 0 Å². The third-order valence-corrected chi connectivity index (χ3v) is 2.61. The summed E-state index contributed by atoms with van der Waals surface area (Å²) in [5.74, 6) is -0.345. The molecule has 0 aromatic rings. The first kappa shape index (κ1) is 10.8. The van der Waals surface area contributed by atoms with Crippen LogP contribution < -0.4 is 0 Å². The predicted molar refractivity (Wildman–Crippen MR) is 56.0 cm³/mol. The lowest BCUT2D eigenvalue weighted by atomic mass is 10.0. The molecule has 0 radical (unpaired) electrons. The van der Waals surface area contributed by atoms with E-state index in [4.69, 9.17) is 0 Å². The number of aliphatic hydroxyl groups excluding tert-OH is 1. The third-order valence-electron chi connectivity index (χ3n) is 2.61. The van der Waals surface area contributed by atoms with Gasteiger partial charge in [0, 0.05) is 5.92 Å². The van der Waals surface area contributed by atoms with Crippen molar-refractivity contribution in [1.29, 1.82) is 0 Å². The van der Waals surface area contributed by atoms with Crippen LogP contribution in [0.4, 0.5) is 0 Å². The molecule has 1 unspecified atom stereocenters. The maximum atomic E-state index is 11.5. The average molecular weight is 192 g/mol. The molecule has 0 fully saturated rings. The Morgan fingerprint density at radius 1 is 1.57 bits per heavy atom. The summed E-state index contributed by atoms with van der Waals surface area (Å²) in [4.78, 5) is 11.5. The summed E-state index contributed by atoms with van der Waals surface area (Å²) in [6.07, 6.45) is 3.83. The molecule has 1 aliphatic carbocycles. The van der Waals surface area contributed by atoms with E-state index in [1.165, 1.54) is 0 Å². The van der Waals surface area contributed by atoms with Crippen molar-refractivity contribution in [2.24, 2.45) is 5.92 Å². The maximum absolute atomic E-state index is 11.5. The van der Waals surface area contributed by atoms with E-state index in [1.807, 2.05) is 13.0 Å². The van der Waals surface area contributed by atoms with Gasteiger partial charge in [0.25, 0.3) is 0 Å². The monoisotopic (exact) mass is 192 g/mol. The first-order valence-corrected chi connectivity index (χ1v) is 4.99. The molecule has 2 heteroatoms. The second-order valence-corrected chi connectivity index (χ2v) is 3.63. The SMILES string of the molecule is CCCC=C=C1C(=O)C(O)=C(C)C1C. The molecule has 0 saturated carbocycles. The quantitative estimate of drug-likeness (QED) is 0.539. The van der Waals surface area contributed by atoms with E-state index in [2.05, 4.69) is 12.7 Å². The lowest BCUT2D eigenvalue weighted by Crippen LogP contribution is -2.00. The van der Waals surface area contributed by atoms with Crippen LogP contribution in [0.1, 0.15) is 33.6 Å². The normalized spacial score (nSPS) is 21.5. The molecule has 0 spiro atoms. The number of carbonyl (C=O) groups excluding carboxylic acids is 1. The van der Waals surface area contributed by atoms with Crippen molar-refractivity contribution in [3.8, 4) is 0 Å². The zero-order valence-corrected chi connectivity index (χ0v) is 8.92. The molecule has 2 nitrogen and oxygen atoms in total. The summed E-state index contributed by atoms with van der Waals surface area (Å²) in [7, 11) is 0. The molecule has 0 heterocycles. The highest BCUT2D eigenvalue weighted by molar-refractivity contribution is 6.10. The van der Waals surface area contributed by atoms with Gasteiger partial charge in [0.05, 0.1) is 5.57 Å². The number of carbonyl (C=O) groups is 1. The van der Waals surface area contributed by atoms with Gasteiger partial charge >= 0.3 is 0 Å². The fourth-order valence-corrected chi connectivity index (χ4v) is 1.44. The molecule has 76 valence electrons. The van der Waals surface area contributed by atoms with Crippen molar-refractivity contribution in [2.45, 2.75) is 33.6 Å². The third kappa shape index (κ3) is 1.80. The number of rotatable bonds is 2. The molecular formula is C12H16O2. The number of allylic oxidation sites excluding steroid dienone is 2. The molecule has 0 amide bonds. The number of hydrogen-bond donors (Lipinski definition) is 1. The average Bonchev–Trinajstić information content (AvgIpc) is 2.35. The summed E-state index contributed by atoms with van der Waals surface area (Å²) in [6, 6.07) is 0. The van der Waals surface area contributed by atoms with Gasteiger partial charge in [-0.3, -0.25) is 4.79 Å². The lowest BCUT2D eigenvalue weighted by molar-refractivity contribution is -0.114. The van der Waals surface area contributed by atoms with Gasteiger partial charge in [-0.25, -0.2) is 0 Å². The molecule has 0 aromatic heterocycles. The van der Waals surface area contributed by atoms with Gasteiger partial charge < -0.3 is 5.11 Å². The van der Waals surface area contributed by atoms with E-state index in [-0.39, 0.29) is 17.5 Å². The Hall–Kier alpha value is -1.27. The van der Waals surface area contributed by atoms with Crippen LogP contribution in [-0.4, -0.2) is 10.9 Å². The van der Waals surface area contributed by atoms with E-state index in [9.17, 15) is 9.90 Å². The summed E-state index contributed by atoms with van der Waals surface area (Å²) in [5, 5.41) is 9.42. The van der Waals surface area contributed by atoms with Crippen molar-refractivity contribution < 1.29 is 9.90 Å². The zero-order chi connectivity index (χ0) is 10.7. The minimum absolute atomic E-state index is 0.00982. The molecule has 14 heavy (non-hydrogen) atoms. The standard InChI is InChI=1S/C12H16O2/c1-4-5-6-7-10-8(2)9(3)11(13)12(10)14/h6,8,13H,4-5H2,1-3H3. The molecule has 1 aliphatic rings. The van der Waals surface area contributed by atoms with Crippen LogP contribution in [0.2, 0.25) is 0 Å². The van der Waals surface area contributed by atoms with Crippen molar-refractivity contribution in [3.63, 3.8) is 0 Å². The maximum Gasteiger partial charge on any atom is 0.231 e. The first-order chi connectivity index (χ1) is 6.59. The van der Waals surface area contributed by atoms with Gasteiger partial charge in [0.15, 0.2) is 5.76 Å². The van der Waals surface area contributed by atoms with Crippen LogP contribution in [-0.2, 0) is 4.79 Å². The van der Waals surface area contributed by atoms with Crippen LogP contribution in [0, 0.1) is 5.92 Å². The Morgan fingerprint density at radius 3 is 2.64 bits per heavy atom. The molecule has 1 rings (SSSR count). The number of unbranched alkanes of at least 4 members (excludes halogenated alkanes) is 1. The molecule has 0 saturated heterocycles. The molecule has 1 atom stereocenters. The Kier molecular flexibility index (Phi) is 3.32. The number of hydrogen-bond acceptors (Lipinski definition) is 2. The Labute approximate surface area is 84.6 Å². The van der Waals surface area contributed by atoms with E-state index in [0.29, 0.717) is 5.57 Å². The number of aliphatic hydroxyl groups is 1. The molecule has 1 N–H and O–H groups in total. The zero-order valence-electron chi connectivity index (χ0n) is 8.92. The summed E-state index contributed by atoms with van der Waals surface area (Å²) < 4.78 is 0. The van der Waals surface area contributed by atoms with Crippen LogP contribution in [0.5, 0.6) is 0 Å². The lowest BCUT2D eigenvalue weighted by Gasteiger charge is -2.01. The summed E-state index contributed by atoms with van der Waals surface area (Å²) in [6.45, 7) is 5.77. The van der Waals surface area contributed by atoms with Gasteiger partial charge in [0.2, 0.25) is 5.78 Å². The number of ketones is 1. The van der Waals surface area contributed by atoms with E-state index < -0.39 is 0 Å². The van der Waals surface area contributed by atoms with Gasteiger partial charge in [-0.15, -0.1) is 5.73 Å². The summed E-state index contributed by atoms with van der Waals surface area (Å²) in [5.41, 5.74) is 4.33. The van der Waals surface area contributed by atoms with E-state index >= 15 is 0 Å². The summed E-state index contributed by atoms with van der Waals surface area (Å²) >= 11 is 0. The van der Waals surface area contributed by atoms with Gasteiger partial charge in [-0.1, -0.05) is 20.3 Å². The predicted octanol–water partition coefficient (Wildman–Crippen LogP) is 2.92. The second kappa shape index (κ2) is 4.30. The first-order valence-electron chi connectivity index (χ1n) is 4.99. The highest BCUT2D eigenvalue weighted by Crippen LogP contribution is 2.31. The highest BCUT2D eigenvalue weighted by Gasteiger charge is 2.31. The van der Waals surface area contributed by atoms with Crippen LogP contribution >= 0.6 is 0 Å². The molecule has 0 aliphatic heterocycles. The van der Waals surface area contributed by atoms with E-state index in [1.54, 1.807) is 6.92 Å². The Bertz CT molecular complexity index is 341. The van der Waals surface area contributed by atoms with Gasteiger partial charge in [-0.2, -0.15) is 0 Å². The van der Waals surface area contributed by atoms with Gasteiger partial charge in [0.1, 0.15) is 0 Å². The van der Waals surface area contributed by atoms with E-state index in [0.717, 1.165) is 18.4 Å². The topological polar surface area (TPSA) is 37.3 Å². The van der Waals surface area contributed by atoms with Crippen LogP contribution in [0.15, 0.2) is 28.7 Å². The number of Topliss-reactive ketones (excluding diaryl/α,β-unsaturated/α-hetero) is 1. The van der Waals surface area contributed by atoms with Crippen molar-refractivity contribution in [2.75, 3.05) is 0 Å². The molecule has 0 aromatic carbocycles. The fourth-order valence-electron chi connectivity index (χ4n) is 1.44. The molecular weight excluding hydrogens is 176 g/mol. The largest absolute Gasteiger partial charge is 0.504 e. The van der Waals surface area contributed by atoms with Gasteiger partial charge in [-0.05, 0) is 25.0 Å². The fraction of sp³-hybridized carbons (Fsp3) is 0.500. The van der Waals surface area contributed by atoms with Crippen molar-refractivity contribution >= 4 is 5.78 Å². The van der Waals surface area contributed by atoms with Crippen molar-refractivity contribution in [3.05, 3.63) is 28.7 Å². The molecule has 0 bridgehead atoms. The van der Waals surface area contributed by atoms with Crippen molar-refractivity contribution in [1.82, 2.24) is 0 Å². The Morgan fingerprint density at radius 2 is 2.21 bits per heavy atom. The minimum atomic E-state index is -0.262. The Balaban J connectivity index is 2.97. The van der Waals surface area contributed by atoms with Crippen LogP contribution in [0.3, 0.4) is 0 Å². The second-order valence-electron chi connectivity index (χ2n) is 3.63.